The van der Waals surface area contributed by atoms with E-state index in [-0.39, 0.29) is 23.6 Å². The van der Waals surface area contributed by atoms with Gasteiger partial charge < -0.3 is 10.1 Å². The molecule has 0 aliphatic carbocycles. The van der Waals surface area contributed by atoms with E-state index in [4.69, 9.17) is 4.74 Å². The smallest absolute Gasteiger partial charge is 0.307 e. The van der Waals surface area contributed by atoms with E-state index in [1.165, 1.54) is 7.11 Å². The minimum atomic E-state index is -3.46. The van der Waals surface area contributed by atoms with Crippen molar-refractivity contribution in [2.45, 2.75) is 56.4 Å². The highest BCUT2D eigenvalue weighted by molar-refractivity contribution is 7.89. The van der Waals surface area contributed by atoms with Crippen LogP contribution in [0.3, 0.4) is 0 Å². The monoisotopic (exact) mass is 472 g/mol. The van der Waals surface area contributed by atoms with E-state index in [2.05, 4.69) is 5.32 Å². The molecule has 0 radical (unpaired) electrons. The maximum absolute atomic E-state index is 12.8. The largest absolute Gasteiger partial charge is 0.469 e. The van der Waals surface area contributed by atoms with Crippen molar-refractivity contribution in [1.29, 1.82) is 0 Å². The number of sulfonamides is 1. The van der Waals surface area contributed by atoms with E-state index in [0.29, 0.717) is 19.5 Å². The molecule has 1 heterocycles. The van der Waals surface area contributed by atoms with Crippen molar-refractivity contribution < 1.29 is 22.7 Å². The molecule has 3 rings (SSSR count). The van der Waals surface area contributed by atoms with Crippen LogP contribution in [0.1, 0.15) is 54.8 Å². The van der Waals surface area contributed by atoms with Crippen molar-refractivity contribution in [2.75, 3.05) is 20.2 Å². The molecule has 1 amide bonds. The third kappa shape index (κ3) is 6.88. The van der Waals surface area contributed by atoms with Gasteiger partial charge in [0, 0.05) is 19.5 Å². The molecule has 178 valence electrons. The lowest BCUT2D eigenvalue weighted by Gasteiger charge is -2.25. The quantitative estimate of drug-likeness (QED) is 0.564. The number of rotatable bonds is 9. The van der Waals surface area contributed by atoms with Gasteiger partial charge in [-0.3, -0.25) is 9.59 Å². The van der Waals surface area contributed by atoms with Crippen LogP contribution in [0, 0.1) is 6.92 Å². The zero-order valence-electron chi connectivity index (χ0n) is 19.2. The molecule has 7 nitrogen and oxygen atoms in total. The fourth-order valence-electron chi connectivity index (χ4n) is 3.91. The second-order valence-corrected chi connectivity index (χ2v) is 10.4. The summed E-state index contributed by atoms with van der Waals surface area (Å²) in [5.41, 5.74) is 2.81. The Kier molecular flexibility index (Phi) is 8.63. The summed E-state index contributed by atoms with van der Waals surface area (Å²) >= 11 is 0. The zero-order valence-corrected chi connectivity index (χ0v) is 20.1. The molecule has 1 N–H and O–H groups in total. The number of nitrogens with one attached hydrogen (secondary N) is 1. The number of benzene rings is 2. The molecular weight excluding hydrogens is 440 g/mol. The normalized spacial score (nSPS) is 15.6. The van der Waals surface area contributed by atoms with Crippen LogP contribution in [0.15, 0.2) is 53.4 Å². The Morgan fingerprint density at radius 1 is 1.00 bits per heavy atom. The second-order valence-electron chi connectivity index (χ2n) is 8.42. The highest BCUT2D eigenvalue weighted by Crippen LogP contribution is 2.22. The number of ether oxygens (including phenoxy) is 1. The Labute approximate surface area is 196 Å². The molecule has 1 aliphatic heterocycles. The predicted octanol–water partition coefficient (Wildman–Crippen LogP) is 3.52. The number of nitrogens with zero attached hydrogens (tertiary/aromatic N) is 1. The average molecular weight is 473 g/mol. The summed E-state index contributed by atoms with van der Waals surface area (Å²) in [7, 11) is -2.14. The van der Waals surface area contributed by atoms with Crippen LogP contribution in [0.25, 0.3) is 0 Å². The maximum Gasteiger partial charge on any atom is 0.307 e. The van der Waals surface area contributed by atoms with Gasteiger partial charge in [-0.2, -0.15) is 4.31 Å². The van der Waals surface area contributed by atoms with E-state index in [1.807, 2.05) is 31.2 Å². The molecule has 1 fully saturated rings. The molecule has 1 aliphatic rings. The van der Waals surface area contributed by atoms with Crippen LogP contribution < -0.4 is 5.32 Å². The fraction of sp³-hybridized carbons (Fsp3) is 0.440. The molecule has 33 heavy (non-hydrogen) atoms. The van der Waals surface area contributed by atoms with Crippen molar-refractivity contribution in [2.24, 2.45) is 0 Å². The lowest BCUT2D eigenvalue weighted by atomic mass is 10.0. The molecule has 2 aromatic carbocycles. The van der Waals surface area contributed by atoms with Gasteiger partial charge in [0.15, 0.2) is 0 Å². The van der Waals surface area contributed by atoms with Gasteiger partial charge in [0.05, 0.1) is 24.5 Å². The van der Waals surface area contributed by atoms with Crippen LogP contribution in [-0.4, -0.2) is 44.8 Å². The average Bonchev–Trinajstić information content (AvgIpc) is 2.83. The first-order valence-electron chi connectivity index (χ1n) is 11.3. The Bertz CT molecular complexity index is 1040. The highest BCUT2D eigenvalue weighted by Gasteiger charge is 2.25. The predicted molar refractivity (Wildman–Crippen MR) is 126 cm³/mol. The topological polar surface area (TPSA) is 92.8 Å². The number of aryl methyl sites for hydroxylation is 2. The first-order valence-corrected chi connectivity index (χ1v) is 12.8. The van der Waals surface area contributed by atoms with E-state index in [9.17, 15) is 18.0 Å². The first-order chi connectivity index (χ1) is 15.8. The molecule has 0 saturated carbocycles. The number of methoxy groups -OCH3 is 1. The van der Waals surface area contributed by atoms with Crippen LogP contribution >= 0.6 is 0 Å². The maximum atomic E-state index is 12.8. The third-order valence-corrected chi connectivity index (χ3v) is 7.84. The van der Waals surface area contributed by atoms with Crippen LogP contribution in [-0.2, 0) is 30.8 Å². The summed E-state index contributed by atoms with van der Waals surface area (Å²) < 4.78 is 31.9. The van der Waals surface area contributed by atoms with E-state index in [1.54, 1.807) is 28.6 Å². The molecule has 2 aromatic rings. The van der Waals surface area contributed by atoms with Gasteiger partial charge in [-0.05, 0) is 49.4 Å². The molecule has 8 heteroatoms. The fourth-order valence-corrected chi connectivity index (χ4v) is 5.42. The summed E-state index contributed by atoms with van der Waals surface area (Å²) in [5.74, 6) is -0.583. The number of amides is 1. The molecule has 1 saturated heterocycles. The van der Waals surface area contributed by atoms with Crippen molar-refractivity contribution in [3.63, 3.8) is 0 Å². The standard InChI is InChI=1S/C25H32N2O5S/c1-19-6-11-21(12-7-19)23(18-25(29)32-2)26-24(28)15-10-20-8-13-22(14-9-20)33(30,31)27-16-4-3-5-17-27/h6-9,11-14,23H,3-5,10,15-18H2,1-2H3,(H,26,28). The summed E-state index contributed by atoms with van der Waals surface area (Å²) in [6.07, 6.45) is 3.60. The molecule has 1 atom stereocenters. The van der Waals surface area contributed by atoms with Gasteiger partial charge in [-0.25, -0.2) is 8.42 Å². The lowest BCUT2D eigenvalue weighted by Crippen LogP contribution is -2.35. The first kappa shape index (κ1) is 24.9. The van der Waals surface area contributed by atoms with E-state index in [0.717, 1.165) is 36.0 Å². The van der Waals surface area contributed by atoms with E-state index < -0.39 is 22.0 Å². The van der Waals surface area contributed by atoms with Crippen molar-refractivity contribution in [3.05, 3.63) is 65.2 Å². The van der Waals surface area contributed by atoms with Crippen molar-refractivity contribution in [1.82, 2.24) is 9.62 Å². The minimum Gasteiger partial charge on any atom is -0.469 e. The van der Waals surface area contributed by atoms with Gasteiger partial charge in [0.25, 0.3) is 0 Å². The Morgan fingerprint density at radius 2 is 1.64 bits per heavy atom. The van der Waals surface area contributed by atoms with Crippen molar-refractivity contribution >= 4 is 21.9 Å². The number of carbonyl (C=O) groups is 2. The summed E-state index contributed by atoms with van der Waals surface area (Å²) in [6, 6.07) is 13.9. The van der Waals surface area contributed by atoms with Crippen molar-refractivity contribution in [3.8, 4) is 0 Å². The molecule has 0 bridgehead atoms. The molecule has 0 aromatic heterocycles. The number of carbonyl (C=O) groups excluding carboxylic acids is 2. The Morgan fingerprint density at radius 3 is 2.24 bits per heavy atom. The zero-order chi connectivity index (χ0) is 23.8. The highest BCUT2D eigenvalue weighted by atomic mass is 32.2. The van der Waals surface area contributed by atoms with Gasteiger partial charge in [-0.1, -0.05) is 48.4 Å². The van der Waals surface area contributed by atoms with Gasteiger partial charge >= 0.3 is 5.97 Å². The van der Waals surface area contributed by atoms with Crippen LogP contribution in [0.4, 0.5) is 0 Å². The van der Waals surface area contributed by atoms with Crippen LogP contribution in [0.5, 0.6) is 0 Å². The summed E-state index contributed by atoms with van der Waals surface area (Å²) in [4.78, 5) is 24.7. The van der Waals surface area contributed by atoms with Gasteiger partial charge in [-0.15, -0.1) is 0 Å². The third-order valence-electron chi connectivity index (χ3n) is 5.93. The number of esters is 1. The Balaban J connectivity index is 1.59. The van der Waals surface area contributed by atoms with Gasteiger partial charge in [0.2, 0.25) is 15.9 Å². The Hall–Kier alpha value is -2.71. The number of hydrogen-bond donors (Lipinski definition) is 1. The summed E-state index contributed by atoms with van der Waals surface area (Å²) in [5, 5.41) is 2.92. The number of piperidine rings is 1. The molecule has 0 spiro atoms. The molecular formula is C25H32N2O5S. The van der Waals surface area contributed by atoms with Crippen LogP contribution in [0.2, 0.25) is 0 Å². The minimum absolute atomic E-state index is 0.0500. The SMILES string of the molecule is COC(=O)CC(NC(=O)CCc1ccc(S(=O)(=O)N2CCCCC2)cc1)c1ccc(C)cc1. The second kappa shape index (κ2) is 11.4. The lowest BCUT2D eigenvalue weighted by molar-refractivity contribution is -0.141. The number of hydrogen-bond acceptors (Lipinski definition) is 5. The van der Waals surface area contributed by atoms with Gasteiger partial charge in [0.1, 0.15) is 0 Å². The summed E-state index contributed by atoms with van der Waals surface area (Å²) in [6.45, 7) is 3.11. The van der Waals surface area contributed by atoms with E-state index >= 15 is 0 Å². The molecule has 1 unspecified atom stereocenters.